The number of nitrogens with two attached hydrogens (primary N) is 1. The number of aliphatic carboxylic acids is 1. The fourth-order valence-corrected chi connectivity index (χ4v) is 4.30. The summed E-state index contributed by atoms with van der Waals surface area (Å²) in [4.78, 5) is 39.2. The number of anilines is 1. The Morgan fingerprint density at radius 3 is 2.63 bits per heavy atom. The number of nitrogens with zero attached hydrogens (tertiary/aromatic N) is 2. The lowest BCUT2D eigenvalue weighted by atomic mass is 10.1. The molecule has 3 aromatic carbocycles. The first kappa shape index (κ1) is 26.3. The number of hydrazone groups is 1. The number of amides is 2. The van der Waals surface area contributed by atoms with Crippen LogP contribution >= 0.6 is 0 Å². The van der Waals surface area contributed by atoms with Crippen molar-refractivity contribution in [1.29, 1.82) is 0 Å². The Morgan fingerprint density at radius 2 is 1.92 bits per heavy atom. The number of benzene rings is 3. The number of carboxylic acid groups (broad SMARTS) is 1. The van der Waals surface area contributed by atoms with Crippen LogP contribution in [0.4, 0.5) is 10.1 Å². The van der Waals surface area contributed by atoms with Crippen molar-refractivity contribution in [3.05, 3.63) is 100 Å². The van der Waals surface area contributed by atoms with E-state index in [9.17, 15) is 23.9 Å². The third-order valence-electron chi connectivity index (χ3n) is 6.30. The fraction of sp³-hybridized carbons (Fsp3) is 0.214. The van der Waals surface area contributed by atoms with E-state index >= 15 is 0 Å². The summed E-state index contributed by atoms with van der Waals surface area (Å²) in [6, 6.07) is 18.2. The van der Waals surface area contributed by atoms with Crippen LogP contribution in [-0.4, -0.2) is 46.6 Å². The van der Waals surface area contributed by atoms with Gasteiger partial charge in [0, 0.05) is 36.4 Å². The average molecular weight is 518 g/mol. The molecule has 3 aromatic rings. The van der Waals surface area contributed by atoms with Crippen LogP contribution < -0.4 is 16.5 Å². The second kappa shape index (κ2) is 12.0. The minimum Gasteiger partial charge on any atom is -0.481 e. The lowest BCUT2D eigenvalue weighted by Gasteiger charge is -2.24. The maximum Gasteiger partial charge on any atom is 0.305 e. The van der Waals surface area contributed by atoms with Crippen molar-refractivity contribution in [3.8, 4) is 0 Å². The first-order valence-electron chi connectivity index (χ1n) is 12.1. The largest absolute Gasteiger partial charge is 0.481 e. The number of carbonyl (C=O) groups excluding carboxylic acids is 2. The monoisotopic (exact) mass is 517 g/mol. The predicted octanol–water partition coefficient (Wildman–Crippen LogP) is 2.89. The van der Waals surface area contributed by atoms with Gasteiger partial charge in [0.25, 0.3) is 5.91 Å². The molecule has 10 heteroatoms. The Balaban J connectivity index is 1.49. The highest BCUT2D eigenvalue weighted by molar-refractivity contribution is 5.96. The van der Waals surface area contributed by atoms with Gasteiger partial charge in [0.1, 0.15) is 11.9 Å². The molecule has 0 saturated carbocycles. The molecular weight excluding hydrogens is 489 g/mol. The summed E-state index contributed by atoms with van der Waals surface area (Å²) in [7, 11) is 0. The zero-order chi connectivity index (χ0) is 27.1. The number of fused-ring (bicyclic) bond motifs is 1. The smallest absolute Gasteiger partial charge is 0.305 e. The van der Waals surface area contributed by atoms with Gasteiger partial charge in [0.2, 0.25) is 5.91 Å². The second-order valence-electron chi connectivity index (χ2n) is 8.98. The second-order valence-corrected chi connectivity index (χ2v) is 8.98. The topological polar surface area (TPSA) is 137 Å². The lowest BCUT2D eigenvalue weighted by Crippen LogP contribution is -2.42. The van der Waals surface area contributed by atoms with E-state index in [1.807, 2.05) is 30.3 Å². The molecule has 0 bridgehead atoms. The number of hydrogen-bond donors (Lipinski definition) is 4. The van der Waals surface area contributed by atoms with E-state index in [4.69, 9.17) is 5.84 Å². The molecule has 0 spiro atoms. The van der Waals surface area contributed by atoms with Crippen molar-refractivity contribution in [2.24, 2.45) is 10.9 Å². The molecule has 196 valence electrons. The predicted molar refractivity (Wildman–Crippen MR) is 141 cm³/mol. The Morgan fingerprint density at radius 1 is 1.13 bits per heavy atom. The average Bonchev–Trinajstić information content (AvgIpc) is 3.03. The maximum absolute atomic E-state index is 14.1. The third-order valence-corrected chi connectivity index (χ3v) is 6.30. The minimum absolute atomic E-state index is 0.0910. The summed E-state index contributed by atoms with van der Waals surface area (Å²) >= 11 is 0. The van der Waals surface area contributed by atoms with Gasteiger partial charge in [-0.1, -0.05) is 48.5 Å². The van der Waals surface area contributed by atoms with Crippen LogP contribution in [0.3, 0.4) is 0 Å². The van der Waals surface area contributed by atoms with Crippen LogP contribution in [0.5, 0.6) is 0 Å². The molecule has 0 aromatic heterocycles. The summed E-state index contributed by atoms with van der Waals surface area (Å²) < 4.78 is 14.1. The van der Waals surface area contributed by atoms with Crippen molar-refractivity contribution in [2.45, 2.75) is 32.0 Å². The summed E-state index contributed by atoms with van der Waals surface area (Å²) in [5, 5.41) is 18.5. The quantitative estimate of drug-likeness (QED) is 0.196. The van der Waals surface area contributed by atoms with Gasteiger partial charge in [-0.15, -0.1) is 0 Å². The van der Waals surface area contributed by atoms with E-state index in [2.05, 4.69) is 15.7 Å². The summed E-state index contributed by atoms with van der Waals surface area (Å²) in [6.45, 7) is 0.798. The van der Waals surface area contributed by atoms with Gasteiger partial charge in [0.05, 0.1) is 12.6 Å². The maximum atomic E-state index is 14.1. The van der Waals surface area contributed by atoms with Gasteiger partial charge in [-0.2, -0.15) is 5.10 Å². The van der Waals surface area contributed by atoms with Crippen molar-refractivity contribution in [2.75, 3.05) is 11.9 Å². The highest BCUT2D eigenvalue weighted by Crippen LogP contribution is 2.26. The number of hydrogen-bond acceptors (Lipinski definition) is 6. The van der Waals surface area contributed by atoms with Crippen LogP contribution in [-0.2, 0) is 29.1 Å². The van der Waals surface area contributed by atoms with E-state index in [1.165, 1.54) is 18.3 Å². The molecule has 0 radical (unpaired) electrons. The van der Waals surface area contributed by atoms with Gasteiger partial charge in [0.15, 0.2) is 0 Å². The van der Waals surface area contributed by atoms with Crippen molar-refractivity contribution in [3.63, 3.8) is 0 Å². The van der Waals surface area contributed by atoms with Crippen LogP contribution in [0.25, 0.3) is 0 Å². The Labute approximate surface area is 219 Å². The summed E-state index contributed by atoms with van der Waals surface area (Å²) in [5.74, 6) is 2.75. The molecular formula is C28H28FN5O4. The lowest BCUT2D eigenvalue weighted by molar-refractivity contribution is -0.141. The highest BCUT2D eigenvalue weighted by Gasteiger charge is 2.31. The third kappa shape index (κ3) is 6.52. The molecule has 1 aliphatic rings. The van der Waals surface area contributed by atoms with Crippen LogP contribution in [0, 0.1) is 5.82 Å². The van der Waals surface area contributed by atoms with Gasteiger partial charge in [-0.25, -0.2) is 4.39 Å². The molecule has 2 amide bonds. The zero-order valence-electron chi connectivity index (χ0n) is 20.6. The number of carbonyl (C=O) groups is 3. The Bertz CT molecular complexity index is 1360. The first-order valence-corrected chi connectivity index (χ1v) is 12.1. The highest BCUT2D eigenvalue weighted by atomic mass is 19.1. The van der Waals surface area contributed by atoms with Crippen LogP contribution in [0.2, 0.25) is 0 Å². The minimum atomic E-state index is -1.10. The molecule has 9 nitrogen and oxygen atoms in total. The van der Waals surface area contributed by atoms with Crippen LogP contribution in [0.1, 0.15) is 39.0 Å². The molecule has 5 N–H and O–H groups in total. The van der Waals surface area contributed by atoms with E-state index in [0.717, 1.165) is 11.1 Å². The number of halogens is 1. The zero-order valence-corrected chi connectivity index (χ0v) is 20.6. The number of carboxylic acids is 1. The molecule has 0 fully saturated rings. The van der Waals surface area contributed by atoms with E-state index in [1.54, 1.807) is 29.2 Å². The van der Waals surface area contributed by atoms with E-state index < -0.39 is 30.2 Å². The van der Waals surface area contributed by atoms with Crippen molar-refractivity contribution in [1.82, 2.24) is 10.2 Å². The fourth-order valence-electron chi connectivity index (χ4n) is 4.30. The molecule has 0 saturated heterocycles. The molecule has 1 aliphatic heterocycles. The Hall–Kier alpha value is -4.73. The Kier molecular flexibility index (Phi) is 8.32. The molecule has 1 atom stereocenters. The van der Waals surface area contributed by atoms with Crippen LogP contribution in [0.15, 0.2) is 71.8 Å². The molecule has 1 unspecified atom stereocenters. The van der Waals surface area contributed by atoms with Gasteiger partial charge < -0.3 is 26.5 Å². The standard InChI is InChI=1S/C28H28FN5O4/c29-23-12-19(6-7-21(23)16-32-30)15-31-27(37)20-8-9-22-17-34(11-10-18-4-2-1-3-5-18)28(38)25(14-26(35)36)33-24(22)13-20/h1-9,12-13,16,25,33H,10-11,14-15,17,30H2,(H,31,37)(H,35,36). The summed E-state index contributed by atoms with van der Waals surface area (Å²) in [5.41, 5.74) is 3.48. The molecule has 38 heavy (non-hydrogen) atoms. The van der Waals surface area contributed by atoms with Gasteiger partial charge >= 0.3 is 5.97 Å². The SMILES string of the molecule is NN=Cc1ccc(CNC(=O)c2ccc3c(c2)NC(CC(=O)O)C(=O)N(CCc2ccccc2)C3)cc1F. The van der Waals surface area contributed by atoms with Gasteiger partial charge in [-0.05, 0) is 41.3 Å². The number of rotatable bonds is 9. The van der Waals surface area contributed by atoms with E-state index in [0.29, 0.717) is 29.8 Å². The molecule has 4 rings (SSSR count). The normalized spacial score (nSPS) is 15.0. The summed E-state index contributed by atoms with van der Waals surface area (Å²) in [6.07, 6.45) is 1.43. The molecule has 0 aliphatic carbocycles. The van der Waals surface area contributed by atoms with Crippen molar-refractivity contribution < 1.29 is 23.9 Å². The van der Waals surface area contributed by atoms with Crippen molar-refractivity contribution >= 4 is 29.7 Å². The first-order chi connectivity index (χ1) is 18.3. The van der Waals surface area contributed by atoms with Gasteiger partial charge in [-0.3, -0.25) is 14.4 Å². The number of nitrogens with one attached hydrogen (secondary N) is 2. The van der Waals surface area contributed by atoms with E-state index in [-0.39, 0.29) is 24.6 Å². The molecule has 1 heterocycles.